The third-order valence-corrected chi connectivity index (χ3v) is 2.65. The van der Waals surface area contributed by atoms with Crippen LogP contribution in [0.2, 0.25) is 0 Å². The number of halogens is 4. The predicted octanol–water partition coefficient (Wildman–Crippen LogP) is 3.04. The number of hydrogen-bond acceptors (Lipinski definition) is 1. The zero-order chi connectivity index (χ0) is 11.0. The molecule has 1 rings (SSSR count). The minimum absolute atomic E-state index is 0.0573. The van der Waals surface area contributed by atoms with E-state index in [-0.39, 0.29) is 18.6 Å². The first kappa shape index (κ1) is 11.5. The van der Waals surface area contributed by atoms with Gasteiger partial charge in [-0.05, 0) is 32.1 Å². The maximum Gasteiger partial charge on any atom is 0.422 e. The summed E-state index contributed by atoms with van der Waals surface area (Å²) in [6.07, 6.45) is -5.65. The fraction of sp³-hybridized carbons (Fsp3) is 0.889. The molecule has 14 heavy (non-hydrogen) atoms. The van der Waals surface area contributed by atoms with Gasteiger partial charge in [0.25, 0.3) is 0 Å². The molecule has 2 unspecified atom stereocenters. The second-order valence-electron chi connectivity index (χ2n) is 3.98. The van der Waals surface area contributed by atoms with Crippen molar-refractivity contribution in [3.8, 4) is 0 Å². The molecule has 1 nitrogen and oxygen atoms in total. The highest BCUT2D eigenvalue weighted by Crippen LogP contribution is 2.49. The van der Waals surface area contributed by atoms with E-state index in [1.165, 1.54) is 6.92 Å². The molecule has 0 radical (unpaired) electrons. The number of ketones is 1. The van der Waals surface area contributed by atoms with E-state index >= 15 is 0 Å². The Balaban J connectivity index is 2.60. The van der Waals surface area contributed by atoms with E-state index < -0.39 is 30.6 Å². The van der Waals surface area contributed by atoms with Crippen LogP contribution >= 0.6 is 0 Å². The number of carbonyl (C=O) groups is 1. The van der Waals surface area contributed by atoms with Gasteiger partial charge in [0.15, 0.2) is 0 Å². The minimum Gasteiger partial charge on any atom is -0.300 e. The lowest BCUT2D eigenvalue weighted by Crippen LogP contribution is -2.38. The molecule has 0 aromatic rings. The molecule has 0 aliphatic heterocycles. The molecule has 0 N–H and O–H groups in total. The van der Waals surface area contributed by atoms with Crippen molar-refractivity contribution in [1.29, 1.82) is 0 Å². The van der Waals surface area contributed by atoms with Gasteiger partial charge in [-0.3, -0.25) is 0 Å². The normalized spacial score (nSPS) is 33.4. The van der Waals surface area contributed by atoms with Crippen molar-refractivity contribution in [2.45, 2.75) is 44.5 Å². The molecule has 0 amide bonds. The average molecular weight is 212 g/mol. The van der Waals surface area contributed by atoms with Crippen molar-refractivity contribution in [2.24, 2.45) is 5.92 Å². The van der Waals surface area contributed by atoms with E-state index in [4.69, 9.17) is 0 Å². The standard InChI is InChI=1S/C9H12F4O/c1-6(14)4-7-2-3-8(10,5-7)9(11,12)13/h7H,2-5H2,1H3. The number of carbonyl (C=O) groups excluding carboxylic acids is 1. The molecule has 2 atom stereocenters. The van der Waals surface area contributed by atoms with Crippen molar-refractivity contribution in [3.05, 3.63) is 0 Å². The SMILES string of the molecule is CC(=O)CC1CCC(F)(C(F)(F)F)C1. The van der Waals surface area contributed by atoms with Gasteiger partial charge in [-0.2, -0.15) is 13.2 Å². The number of rotatable bonds is 2. The van der Waals surface area contributed by atoms with Crippen LogP contribution < -0.4 is 0 Å². The third-order valence-electron chi connectivity index (χ3n) is 2.65. The maximum absolute atomic E-state index is 13.3. The van der Waals surface area contributed by atoms with Crippen molar-refractivity contribution < 1.29 is 22.4 Å². The summed E-state index contributed by atoms with van der Waals surface area (Å²) in [6, 6.07) is 0. The lowest BCUT2D eigenvalue weighted by molar-refractivity contribution is -0.228. The Labute approximate surface area is 79.5 Å². The summed E-state index contributed by atoms with van der Waals surface area (Å²) in [5.41, 5.74) is -3.06. The van der Waals surface area contributed by atoms with Gasteiger partial charge >= 0.3 is 6.18 Å². The van der Waals surface area contributed by atoms with Crippen LogP contribution in [0.25, 0.3) is 0 Å². The topological polar surface area (TPSA) is 17.1 Å². The highest BCUT2D eigenvalue weighted by atomic mass is 19.4. The quantitative estimate of drug-likeness (QED) is 0.643. The Morgan fingerprint density at radius 1 is 1.50 bits per heavy atom. The second kappa shape index (κ2) is 3.51. The Kier molecular flexibility index (Phi) is 2.88. The summed E-state index contributed by atoms with van der Waals surface area (Å²) in [4.78, 5) is 10.7. The van der Waals surface area contributed by atoms with Gasteiger partial charge in [0, 0.05) is 6.42 Å². The van der Waals surface area contributed by atoms with Crippen molar-refractivity contribution in [1.82, 2.24) is 0 Å². The Hall–Kier alpha value is -0.610. The van der Waals surface area contributed by atoms with Crippen molar-refractivity contribution >= 4 is 5.78 Å². The molecule has 0 saturated heterocycles. The Morgan fingerprint density at radius 3 is 2.43 bits per heavy atom. The summed E-state index contributed by atoms with van der Waals surface area (Å²) < 4.78 is 49.9. The van der Waals surface area contributed by atoms with Gasteiger partial charge in [0.05, 0.1) is 0 Å². The number of alkyl halides is 4. The highest BCUT2D eigenvalue weighted by Gasteiger charge is 2.59. The summed E-state index contributed by atoms with van der Waals surface area (Å²) in [6.45, 7) is 1.31. The fourth-order valence-corrected chi connectivity index (χ4v) is 1.93. The third kappa shape index (κ3) is 2.25. The molecule has 1 saturated carbocycles. The van der Waals surface area contributed by atoms with Crippen molar-refractivity contribution in [2.75, 3.05) is 0 Å². The first-order chi connectivity index (χ1) is 6.24. The maximum atomic E-state index is 13.3. The predicted molar refractivity (Wildman–Crippen MR) is 42.5 cm³/mol. The lowest BCUT2D eigenvalue weighted by atomic mass is 9.98. The average Bonchev–Trinajstić information content (AvgIpc) is 2.30. The highest BCUT2D eigenvalue weighted by molar-refractivity contribution is 5.75. The number of Topliss-reactive ketones (excluding diaryl/α,β-unsaturated/α-hetero) is 1. The molecule has 0 spiro atoms. The Bertz CT molecular complexity index is 235. The lowest BCUT2D eigenvalue weighted by Gasteiger charge is -2.22. The van der Waals surface area contributed by atoms with Crippen LogP contribution in [-0.2, 0) is 4.79 Å². The van der Waals surface area contributed by atoms with Crippen molar-refractivity contribution in [3.63, 3.8) is 0 Å². The van der Waals surface area contributed by atoms with E-state index in [2.05, 4.69) is 0 Å². The van der Waals surface area contributed by atoms with Crippen LogP contribution in [0.3, 0.4) is 0 Å². The van der Waals surface area contributed by atoms with Crippen LogP contribution in [0.5, 0.6) is 0 Å². The van der Waals surface area contributed by atoms with Crippen LogP contribution in [0.15, 0.2) is 0 Å². The van der Waals surface area contributed by atoms with Crippen LogP contribution in [0.4, 0.5) is 17.6 Å². The van der Waals surface area contributed by atoms with Gasteiger partial charge in [-0.15, -0.1) is 0 Å². The zero-order valence-electron chi connectivity index (χ0n) is 7.83. The summed E-state index contributed by atoms with van der Waals surface area (Å²) in [5, 5.41) is 0. The van der Waals surface area contributed by atoms with Gasteiger partial charge < -0.3 is 4.79 Å². The Morgan fingerprint density at radius 2 is 2.07 bits per heavy atom. The van der Waals surface area contributed by atoms with Gasteiger partial charge in [0.2, 0.25) is 5.67 Å². The van der Waals surface area contributed by atoms with Gasteiger partial charge in [-0.1, -0.05) is 0 Å². The molecule has 1 fully saturated rings. The van der Waals surface area contributed by atoms with Gasteiger partial charge in [0.1, 0.15) is 5.78 Å². The molecular weight excluding hydrogens is 200 g/mol. The molecule has 1 aliphatic rings. The summed E-state index contributed by atoms with van der Waals surface area (Å²) >= 11 is 0. The molecule has 0 aromatic carbocycles. The fourth-order valence-electron chi connectivity index (χ4n) is 1.93. The molecule has 0 aromatic heterocycles. The minimum atomic E-state index is -4.79. The molecular formula is C9H12F4O. The monoisotopic (exact) mass is 212 g/mol. The van der Waals surface area contributed by atoms with E-state index in [1.54, 1.807) is 0 Å². The van der Waals surface area contributed by atoms with E-state index in [1.807, 2.05) is 0 Å². The molecule has 82 valence electrons. The molecule has 5 heteroatoms. The van der Waals surface area contributed by atoms with E-state index in [0.717, 1.165) is 0 Å². The van der Waals surface area contributed by atoms with E-state index in [9.17, 15) is 22.4 Å². The summed E-state index contributed by atoms with van der Waals surface area (Å²) in [5.74, 6) is -0.624. The van der Waals surface area contributed by atoms with Gasteiger partial charge in [-0.25, -0.2) is 4.39 Å². The van der Waals surface area contributed by atoms with Crippen LogP contribution in [0.1, 0.15) is 32.6 Å². The number of hydrogen-bond donors (Lipinski definition) is 0. The molecule has 1 aliphatic carbocycles. The van der Waals surface area contributed by atoms with Crippen LogP contribution in [-0.4, -0.2) is 17.6 Å². The van der Waals surface area contributed by atoms with E-state index in [0.29, 0.717) is 0 Å². The molecule has 0 heterocycles. The first-order valence-electron chi connectivity index (χ1n) is 4.50. The second-order valence-corrected chi connectivity index (χ2v) is 3.98. The van der Waals surface area contributed by atoms with Crippen LogP contribution in [0, 0.1) is 5.92 Å². The largest absolute Gasteiger partial charge is 0.422 e. The smallest absolute Gasteiger partial charge is 0.300 e. The molecule has 0 bridgehead atoms. The first-order valence-corrected chi connectivity index (χ1v) is 4.50. The summed E-state index contributed by atoms with van der Waals surface area (Å²) in [7, 11) is 0. The zero-order valence-corrected chi connectivity index (χ0v) is 7.83.